The van der Waals surface area contributed by atoms with Crippen LogP contribution in [0.5, 0.6) is 0 Å². The number of nitrogens with zero attached hydrogens (tertiary/aromatic N) is 6. The number of amides is 1. The highest BCUT2D eigenvalue weighted by molar-refractivity contribution is 6.02. The summed E-state index contributed by atoms with van der Waals surface area (Å²) in [7, 11) is 0. The van der Waals surface area contributed by atoms with Crippen molar-refractivity contribution in [3.63, 3.8) is 0 Å². The average Bonchev–Trinajstić information content (AvgIpc) is 3.24. The number of halogens is 1. The van der Waals surface area contributed by atoms with Crippen LogP contribution in [0.2, 0.25) is 0 Å². The minimum Gasteiger partial charge on any atom is -0.444 e. The number of ether oxygens (including phenoxy) is 1. The van der Waals surface area contributed by atoms with Gasteiger partial charge in [0.1, 0.15) is 29.4 Å². The lowest BCUT2D eigenvalue weighted by Crippen LogP contribution is -2.59. The van der Waals surface area contributed by atoms with Crippen LogP contribution >= 0.6 is 0 Å². The van der Waals surface area contributed by atoms with E-state index in [0.717, 1.165) is 10.9 Å². The van der Waals surface area contributed by atoms with Gasteiger partial charge in [-0.1, -0.05) is 18.2 Å². The predicted molar refractivity (Wildman–Crippen MR) is 146 cm³/mol. The Morgan fingerprint density at radius 2 is 1.79 bits per heavy atom. The molecule has 0 N–H and O–H groups in total. The smallest absolute Gasteiger partial charge is 0.410 e. The molecule has 4 aromatic rings. The van der Waals surface area contributed by atoms with Crippen molar-refractivity contribution in [1.29, 1.82) is 0 Å². The first kappa shape index (κ1) is 25.6. The highest BCUT2D eigenvalue weighted by Crippen LogP contribution is 2.39. The minimum atomic E-state index is -0.572. The molecular formula is C29H33FN6O2. The lowest BCUT2D eigenvalue weighted by Gasteiger charge is -2.44. The van der Waals surface area contributed by atoms with Gasteiger partial charge >= 0.3 is 6.09 Å². The molecule has 1 fully saturated rings. The van der Waals surface area contributed by atoms with Gasteiger partial charge in [0.05, 0.1) is 5.39 Å². The molecule has 0 aliphatic carbocycles. The first-order valence-electron chi connectivity index (χ1n) is 12.8. The van der Waals surface area contributed by atoms with Crippen LogP contribution in [0, 0.1) is 12.7 Å². The Morgan fingerprint density at radius 1 is 1.03 bits per heavy atom. The monoisotopic (exact) mass is 516 g/mol. The van der Waals surface area contributed by atoms with Crippen molar-refractivity contribution in [1.82, 2.24) is 24.4 Å². The number of benzene rings is 1. The summed E-state index contributed by atoms with van der Waals surface area (Å²) < 4.78 is 22.7. The van der Waals surface area contributed by atoms with Crippen LogP contribution in [-0.4, -0.2) is 61.3 Å². The van der Waals surface area contributed by atoms with Gasteiger partial charge in [-0.05, 0) is 65.3 Å². The zero-order valence-corrected chi connectivity index (χ0v) is 22.6. The predicted octanol–water partition coefficient (Wildman–Crippen LogP) is 5.76. The van der Waals surface area contributed by atoms with Crippen molar-refractivity contribution in [3.8, 4) is 16.9 Å². The Hall–Kier alpha value is -4.01. The number of aromatic nitrogens is 4. The summed E-state index contributed by atoms with van der Waals surface area (Å²) >= 11 is 0. The molecule has 1 aliphatic heterocycles. The molecule has 5 rings (SSSR count). The van der Waals surface area contributed by atoms with Gasteiger partial charge in [0, 0.05) is 48.7 Å². The Morgan fingerprint density at radius 3 is 2.50 bits per heavy atom. The maximum atomic E-state index is 15.1. The molecule has 0 bridgehead atoms. The molecule has 0 saturated carbocycles. The fraction of sp³-hybridized carbons (Fsp3) is 0.379. The molecule has 3 aromatic heterocycles. The molecule has 38 heavy (non-hydrogen) atoms. The lowest BCUT2D eigenvalue weighted by molar-refractivity contribution is 0.0130. The van der Waals surface area contributed by atoms with Gasteiger partial charge in [-0.3, -0.25) is 4.57 Å². The number of carbonyl (C=O) groups excluding carboxylic acids is 1. The number of hydrogen-bond donors (Lipinski definition) is 0. The first-order valence-corrected chi connectivity index (χ1v) is 12.8. The summed E-state index contributed by atoms with van der Waals surface area (Å²) in [6.07, 6.45) is 4.84. The molecule has 4 heterocycles. The van der Waals surface area contributed by atoms with Crippen molar-refractivity contribution < 1.29 is 13.9 Å². The summed E-state index contributed by atoms with van der Waals surface area (Å²) in [6, 6.07) is 10.4. The molecular weight excluding hydrogens is 483 g/mol. The van der Waals surface area contributed by atoms with Gasteiger partial charge in [0.15, 0.2) is 5.65 Å². The van der Waals surface area contributed by atoms with E-state index in [1.165, 1.54) is 12.4 Å². The van der Waals surface area contributed by atoms with Crippen molar-refractivity contribution in [2.45, 2.75) is 59.2 Å². The normalized spacial score (nSPS) is 18.2. The second-order valence-electron chi connectivity index (χ2n) is 11.0. The Labute approximate surface area is 222 Å². The van der Waals surface area contributed by atoms with E-state index in [1.807, 2.05) is 63.6 Å². The Kier molecular flexibility index (Phi) is 6.54. The number of piperazine rings is 1. The van der Waals surface area contributed by atoms with Crippen molar-refractivity contribution >= 4 is 22.9 Å². The molecule has 2 atom stereocenters. The number of aryl methyl sites for hydroxylation is 1. The van der Waals surface area contributed by atoms with E-state index < -0.39 is 5.60 Å². The quantitative estimate of drug-likeness (QED) is 0.344. The highest BCUT2D eigenvalue weighted by Gasteiger charge is 2.36. The minimum absolute atomic E-state index is 0.0641. The Balaban J connectivity index is 1.63. The van der Waals surface area contributed by atoms with Crippen LogP contribution in [0.25, 0.3) is 28.0 Å². The van der Waals surface area contributed by atoms with Gasteiger partial charge in [-0.2, -0.15) is 0 Å². The number of rotatable bonds is 3. The standard InChI is InChI=1S/C29H33FN6O2/c1-18-11-12-31-24(13-18)36-16-22(21-9-7-8-10-23(21)30)25-26(32-17-33-27(25)36)34-14-20(3)35(15-19(34)2)28(37)38-29(4,5)6/h7-13,16-17,19-20H,14-15H2,1-6H3/t19-,20+/m0/s1. The molecule has 1 aliphatic rings. The average molecular weight is 517 g/mol. The summed E-state index contributed by atoms with van der Waals surface area (Å²) in [5, 5.41) is 0.741. The van der Waals surface area contributed by atoms with Crippen molar-refractivity contribution in [3.05, 3.63) is 66.5 Å². The molecule has 198 valence electrons. The lowest BCUT2D eigenvalue weighted by atomic mass is 10.0. The van der Waals surface area contributed by atoms with E-state index in [9.17, 15) is 4.79 Å². The largest absolute Gasteiger partial charge is 0.444 e. The molecule has 0 unspecified atom stereocenters. The van der Waals surface area contributed by atoms with E-state index >= 15 is 4.39 Å². The SMILES string of the molecule is Cc1ccnc(-n2cc(-c3ccccc3F)c3c(N4C[C@@H](C)N(C(=O)OC(C)(C)C)C[C@@H]4C)ncnc32)c1. The molecule has 9 heteroatoms. The van der Waals surface area contributed by atoms with Crippen molar-refractivity contribution in [2.24, 2.45) is 0 Å². The number of hydrogen-bond acceptors (Lipinski definition) is 6. The molecule has 1 amide bonds. The summed E-state index contributed by atoms with van der Waals surface area (Å²) in [5.74, 6) is 1.07. The zero-order valence-electron chi connectivity index (χ0n) is 22.6. The third-order valence-electron chi connectivity index (χ3n) is 6.76. The van der Waals surface area contributed by atoms with Gasteiger partial charge in [-0.15, -0.1) is 0 Å². The second-order valence-corrected chi connectivity index (χ2v) is 11.0. The highest BCUT2D eigenvalue weighted by atomic mass is 19.1. The topological polar surface area (TPSA) is 76.4 Å². The van der Waals surface area contributed by atoms with Crippen LogP contribution in [-0.2, 0) is 4.74 Å². The van der Waals surface area contributed by atoms with E-state index in [1.54, 1.807) is 23.2 Å². The number of pyridine rings is 1. The maximum absolute atomic E-state index is 15.1. The fourth-order valence-electron chi connectivity index (χ4n) is 4.97. The third-order valence-corrected chi connectivity index (χ3v) is 6.76. The third kappa shape index (κ3) is 4.80. The van der Waals surface area contributed by atoms with Crippen LogP contribution in [0.1, 0.15) is 40.2 Å². The van der Waals surface area contributed by atoms with Gasteiger partial charge in [-0.25, -0.2) is 24.1 Å². The van der Waals surface area contributed by atoms with Crippen LogP contribution in [0.4, 0.5) is 15.0 Å². The number of fused-ring (bicyclic) bond motifs is 1. The van der Waals surface area contributed by atoms with Gasteiger partial charge in [0.2, 0.25) is 0 Å². The molecule has 1 aromatic carbocycles. The van der Waals surface area contributed by atoms with Crippen molar-refractivity contribution in [2.75, 3.05) is 18.0 Å². The molecule has 0 spiro atoms. The fourth-order valence-corrected chi connectivity index (χ4v) is 4.97. The number of carbonyl (C=O) groups is 1. The van der Waals surface area contributed by atoms with Gasteiger partial charge in [0.25, 0.3) is 0 Å². The van der Waals surface area contributed by atoms with Crippen LogP contribution in [0.15, 0.2) is 55.1 Å². The van der Waals surface area contributed by atoms with Crippen LogP contribution < -0.4 is 4.90 Å². The summed E-state index contributed by atoms with van der Waals surface area (Å²) in [6.45, 7) is 12.7. The second kappa shape index (κ2) is 9.70. The van der Waals surface area contributed by atoms with Crippen LogP contribution in [0.3, 0.4) is 0 Å². The van der Waals surface area contributed by atoms with E-state index in [-0.39, 0.29) is 24.0 Å². The van der Waals surface area contributed by atoms with E-state index in [2.05, 4.69) is 21.8 Å². The summed E-state index contributed by atoms with van der Waals surface area (Å²) in [5.41, 5.74) is 2.27. The first-order chi connectivity index (χ1) is 18.0. The van der Waals surface area contributed by atoms with E-state index in [0.29, 0.717) is 41.5 Å². The molecule has 1 saturated heterocycles. The molecule has 8 nitrogen and oxygen atoms in total. The maximum Gasteiger partial charge on any atom is 0.410 e. The zero-order chi connectivity index (χ0) is 27.2. The Bertz CT molecular complexity index is 1490. The number of anilines is 1. The summed E-state index contributed by atoms with van der Waals surface area (Å²) in [4.78, 5) is 30.7. The molecule has 0 radical (unpaired) electrons. The van der Waals surface area contributed by atoms with E-state index in [4.69, 9.17) is 9.72 Å². The van der Waals surface area contributed by atoms with Gasteiger partial charge < -0.3 is 14.5 Å².